The number of hydrogen-bond acceptors (Lipinski definition) is 4. The number of piperazine rings is 1. The van der Waals surface area contributed by atoms with Crippen molar-refractivity contribution in [1.82, 2.24) is 4.90 Å². The van der Waals surface area contributed by atoms with Crippen molar-refractivity contribution in [2.45, 2.75) is 20.4 Å². The standard InChI is InChI=1S/C19H23N3O2/c1-15-5-3-8-19(16(15)2)21-11-9-20(10-12-21)14-17-6-4-7-18(13-17)22(23)24/h3-8,13H,9-12,14H2,1-2H3. The van der Waals surface area contributed by atoms with Gasteiger partial charge < -0.3 is 4.90 Å². The lowest BCUT2D eigenvalue weighted by Crippen LogP contribution is -2.46. The highest BCUT2D eigenvalue weighted by Crippen LogP contribution is 2.24. The second kappa shape index (κ2) is 7.01. The maximum Gasteiger partial charge on any atom is 0.269 e. The Morgan fingerprint density at radius 3 is 2.46 bits per heavy atom. The normalized spacial score (nSPS) is 15.5. The summed E-state index contributed by atoms with van der Waals surface area (Å²) in [5.41, 5.74) is 5.17. The van der Waals surface area contributed by atoms with Gasteiger partial charge in [0.1, 0.15) is 0 Å². The molecule has 1 saturated heterocycles. The lowest BCUT2D eigenvalue weighted by Gasteiger charge is -2.37. The largest absolute Gasteiger partial charge is 0.369 e. The van der Waals surface area contributed by atoms with Crippen molar-refractivity contribution >= 4 is 11.4 Å². The third-order valence-corrected chi connectivity index (χ3v) is 4.82. The van der Waals surface area contributed by atoms with Gasteiger partial charge in [-0.2, -0.15) is 0 Å². The molecule has 0 saturated carbocycles. The first-order valence-corrected chi connectivity index (χ1v) is 8.31. The topological polar surface area (TPSA) is 49.6 Å². The van der Waals surface area contributed by atoms with Gasteiger partial charge in [0.2, 0.25) is 0 Å². The molecule has 0 radical (unpaired) electrons. The molecule has 24 heavy (non-hydrogen) atoms. The molecule has 2 aromatic rings. The van der Waals surface area contributed by atoms with E-state index >= 15 is 0 Å². The van der Waals surface area contributed by atoms with Crippen LogP contribution in [0.1, 0.15) is 16.7 Å². The summed E-state index contributed by atoms with van der Waals surface area (Å²) in [5.74, 6) is 0. The van der Waals surface area contributed by atoms with E-state index in [1.807, 2.05) is 6.07 Å². The molecule has 1 heterocycles. The molecule has 0 aliphatic carbocycles. The molecule has 0 bridgehead atoms. The number of non-ortho nitro benzene ring substituents is 1. The van der Waals surface area contributed by atoms with Crippen LogP contribution in [0.3, 0.4) is 0 Å². The predicted octanol–water partition coefficient (Wildman–Crippen LogP) is 3.53. The van der Waals surface area contributed by atoms with Gasteiger partial charge in [-0.15, -0.1) is 0 Å². The Morgan fingerprint density at radius 1 is 1.04 bits per heavy atom. The van der Waals surface area contributed by atoms with E-state index in [1.165, 1.54) is 16.8 Å². The van der Waals surface area contributed by atoms with Crippen molar-refractivity contribution in [3.63, 3.8) is 0 Å². The number of rotatable bonds is 4. The zero-order chi connectivity index (χ0) is 17.1. The van der Waals surface area contributed by atoms with Gasteiger partial charge in [0, 0.05) is 50.5 Å². The van der Waals surface area contributed by atoms with Crippen molar-refractivity contribution in [3.05, 3.63) is 69.3 Å². The molecule has 0 atom stereocenters. The molecular formula is C19H23N3O2. The fourth-order valence-corrected chi connectivity index (χ4v) is 3.25. The summed E-state index contributed by atoms with van der Waals surface area (Å²) in [6.07, 6.45) is 0. The SMILES string of the molecule is Cc1cccc(N2CCN(Cc3cccc([N+](=O)[O-])c3)CC2)c1C. The second-order valence-corrected chi connectivity index (χ2v) is 6.41. The Morgan fingerprint density at radius 2 is 1.75 bits per heavy atom. The molecule has 5 nitrogen and oxygen atoms in total. The molecule has 126 valence electrons. The quantitative estimate of drug-likeness (QED) is 0.637. The van der Waals surface area contributed by atoms with Gasteiger partial charge in [0.25, 0.3) is 5.69 Å². The molecule has 0 unspecified atom stereocenters. The Hall–Kier alpha value is -2.40. The van der Waals surface area contributed by atoms with Crippen LogP contribution >= 0.6 is 0 Å². The number of nitro groups is 1. The maximum atomic E-state index is 10.9. The van der Waals surface area contributed by atoms with E-state index in [0.29, 0.717) is 0 Å². The minimum atomic E-state index is -0.331. The molecule has 1 aliphatic rings. The highest BCUT2D eigenvalue weighted by molar-refractivity contribution is 5.56. The van der Waals surface area contributed by atoms with Crippen LogP contribution in [-0.2, 0) is 6.54 Å². The fourth-order valence-electron chi connectivity index (χ4n) is 3.25. The van der Waals surface area contributed by atoms with Gasteiger partial charge in [-0.3, -0.25) is 15.0 Å². The van der Waals surface area contributed by atoms with E-state index in [9.17, 15) is 10.1 Å². The van der Waals surface area contributed by atoms with Crippen LogP contribution in [0.25, 0.3) is 0 Å². The molecule has 0 N–H and O–H groups in total. The Balaban J connectivity index is 1.62. The van der Waals surface area contributed by atoms with Crippen molar-refractivity contribution in [2.24, 2.45) is 0 Å². The molecule has 0 spiro atoms. The third kappa shape index (κ3) is 3.57. The van der Waals surface area contributed by atoms with E-state index < -0.39 is 0 Å². The number of hydrogen-bond donors (Lipinski definition) is 0. The lowest BCUT2D eigenvalue weighted by molar-refractivity contribution is -0.384. The summed E-state index contributed by atoms with van der Waals surface area (Å²) in [5, 5.41) is 10.9. The first-order chi connectivity index (χ1) is 11.5. The van der Waals surface area contributed by atoms with Gasteiger partial charge in [-0.25, -0.2) is 0 Å². The average Bonchev–Trinajstić information content (AvgIpc) is 2.58. The summed E-state index contributed by atoms with van der Waals surface area (Å²) in [6, 6.07) is 13.4. The van der Waals surface area contributed by atoms with Crippen LogP contribution in [0.5, 0.6) is 0 Å². The van der Waals surface area contributed by atoms with Gasteiger partial charge in [-0.1, -0.05) is 24.3 Å². The molecule has 0 amide bonds. The maximum absolute atomic E-state index is 10.9. The molecule has 1 fully saturated rings. The van der Waals surface area contributed by atoms with Gasteiger partial charge in [-0.05, 0) is 36.6 Å². The smallest absolute Gasteiger partial charge is 0.269 e. The van der Waals surface area contributed by atoms with E-state index in [1.54, 1.807) is 18.2 Å². The molecule has 1 aliphatic heterocycles. The molecule has 0 aromatic heterocycles. The Bertz CT molecular complexity index is 737. The Kier molecular flexibility index (Phi) is 4.81. The van der Waals surface area contributed by atoms with Crippen LogP contribution in [-0.4, -0.2) is 36.0 Å². The zero-order valence-electron chi connectivity index (χ0n) is 14.2. The number of nitro benzene ring substituents is 1. The van der Waals surface area contributed by atoms with Crippen molar-refractivity contribution < 1.29 is 4.92 Å². The summed E-state index contributed by atoms with van der Waals surface area (Å²) in [4.78, 5) is 15.4. The van der Waals surface area contributed by atoms with E-state index in [-0.39, 0.29) is 10.6 Å². The minimum Gasteiger partial charge on any atom is -0.369 e. The molecular weight excluding hydrogens is 302 g/mol. The van der Waals surface area contributed by atoms with Crippen molar-refractivity contribution in [3.8, 4) is 0 Å². The van der Waals surface area contributed by atoms with Crippen molar-refractivity contribution in [1.29, 1.82) is 0 Å². The fraction of sp³-hybridized carbons (Fsp3) is 0.368. The van der Waals surface area contributed by atoms with Gasteiger partial charge in [0.15, 0.2) is 0 Å². The number of benzene rings is 2. The average molecular weight is 325 g/mol. The third-order valence-electron chi connectivity index (χ3n) is 4.82. The summed E-state index contributed by atoms with van der Waals surface area (Å²) < 4.78 is 0. The first-order valence-electron chi connectivity index (χ1n) is 8.31. The number of anilines is 1. The van der Waals surface area contributed by atoms with Crippen LogP contribution in [0.2, 0.25) is 0 Å². The van der Waals surface area contributed by atoms with E-state index in [2.05, 4.69) is 41.8 Å². The van der Waals surface area contributed by atoms with Crippen LogP contribution in [0.15, 0.2) is 42.5 Å². The molecule has 3 rings (SSSR count). The van der Waals surface area contributed by atoms with Crippen LogP contribution in [0.4, 0.5) is 11.4 Å². The monoisotopic (exact) mass is 325 g/mol. The van der Waals surface area contributed by atoms with Crippen molar-refractivity contribution in [2.75, 3.05) is 31.1 Å². The van der Waals surface area contributed by atoms with Crippen LogP contribution < -0.4 is 4.90 Å². The summed E-state index contributed by atoms with van der Waals surface area (Å²) in [7, 11) is 0. The number of nitrogens with zero attached hydrogens (tertiary/aromatic N) is 3. The molecule has 2 aromatic carbocycles. The summed E-state index contributed by atoms with van der Waals surface area (Å²) in [6.45, 7) is 9.00. The highest BCUT2D eigenvalue weighted by Gasteiger charge is 2.19. The zero-order valence-corrected chi connectivity index (χ0v) is 14.2. The summed E-state index contributed by atoms with van der Waals surface area (Å²) >= 11 is 0. The van der Waals surface area contributed by atoms with E-state index in [0.717, 1.165) is 38.3 Å². The number of aryl methyl sites for hydroxylation is 1. The second-order valence-electron chi connectivity index (χ2n) is 6.41. The van der Waals surface area contributed by atoms with Gasteiger partial charge in [0.05, 0.1) is 4.92 Å². The first kappa shape index (κ1) is 16.5. The minimum absolute atomic E-state index is 0.168. The van der Waals surface area contributed by atoms with E-state index in [4.69, 9.17) is 0 Å². The van der Waals surface area contributed by atoms with Gasteiger partial charge >= 0.3 is 0 Å². The lowest BCUT2D eigenvalue weighted by atomic mass is 10.1. The predicted molar refractivity (Wildman–Crippen MR) is 96.5 cm³/mol. The molecule has 5 heteroatoms. The highest BCUT2D eigenvalue weighted by atomic mass is 16.6. The Labute approximate surface area is 142 Å². The van der Waals surface area contributed by atoms with Crippen LogP contribution in [0, 0.1) is 24.0 Å².